The lowest BCUT2D eigenvalue weighted by atomic mass is 10.0. The number of rotatable bonds is 3. The maximum Gasteiger partial charge on any atom is 0.307 e. The van der Waals surface area contributed by atoms with Crippen molar-refractivity contribution in [3.05, 3.63) is 77.0 Å². The van der Waals surface area contributed by atoms with Crippen LogP contribution in [-0.4, -0.2) is 17.2 Å². The number of phenolic OH excluding ortho intramolecular Hbond substituents is 1. The number of hydrogen-bond acceptors (Lipinski definition) is 4. The van der Waals surface area contributed by atoms with Crippen LogP contribution >= 0.6 is 11.6 Å². The molecule has 26 heavy (non-hydrogen) atoms. The highest BCUT2D eigenvalue weighted by molar-refractivity contribution is 6.31. The summed E-state index contributed by atoms with van der Waals surface area (Å²) in [6.07, 6.45) is 1.41. The third kappa shape index (κ3) is 3.00. The summed E-state index contributed by atoms with van der Waals surface area (Å²) < 4.78 is 5.49. The van der Waals surface area contributed by atoms with E-state index < -0.39 is 5.91 Å². The van der Waals surface area contributed by atoms with Crippen molar-refractivity contribution in [2.75, 3.05) is 0 Å². The first-order valence-electron chi connectivity index (χ1n) is 7.85. The number of halogens is 1. The minimum absolute atomic E-state index is 0.0834. The number of carbonyl (C=O) groups is 1. The van der Waals surface area contributed by atoms with Gasteiger partial charge in [0.25, 0.3) is 0 Å². The van der Waals surface area contributed by atoms with Gasteiger partial charge < -0.3 is 9.52 Å². The molecule has 4 rings (SSSR count). The first kappa shape index (κ1) is 16.2. The second-order valence-corrected chi connectivity index (χ2v) is 6.15. The Morgan fingerprint density at radius 1 is 1.08 bits per heavy atom. The molecule has 0 aliphatic carbocycles. The van der Waals surface area contributed by atoms with Crippen LogP contribution in [0.25, 0.3) is 21.7 Å². The summed E-state index contributed by atoms with van der Waals surface area (Å²) in [4.78, 5) is 12.2. The molecule has 0 unspecified atom stereocenters. The summed E-state index contributed by atoms with van der Waals surface area (Å²) in [6, 6.07) is 17.7. The number of fused-ring (bicyclic) bond motifs is 2. The van der Waals surface area contributed by atoms with Crippen LogP contribution < -0.4 is 5.43 Å². The van der Waals surface area contributed by atoms with Gasteiger partial charge in [-0.15, -0.1) is 0 Å². The Hall–Kier alpha value is -3.31. The zero-order valence-electron chi connectivity index (χ0n) is 13.4. The Morgan fingerprint density at radius 2 is 1.92 bits per heavy atom. The summed E-state index contributed by atoms with van der Waals surface area (Å²) in [7, 11) is 0. The van der Waals surface area contributed by atoms with E-state index in [2.05, 4.69) is 10.5 Å². The maximum atomic E-state index is 12.2. The molecule has 1 amide bonds. The third-order valence-electron chi connectivity index (χ3n) is 4.01. The molecule has 0 saturated carbocycles. The van der Waals surface area contributed by atoms with Crippen molar-refractivity contribution in [3.8, 4) is 5.75 Å². The molecular formula is C20H13ClN2O3. The number of nitrogens with zero attached hydrogens (tertiary/aromatic N) is 1. The molecule has 0 saturated heterocycles. The minimum atomic E-state index is -0.492. The van der Waals surface area contributed by atoms with E-state index in [9.17, 15) is 9.90 Å². The highest BCUT2D eigenvalue weighted by atomic mass is 35.5. The van der Waals surface area contributed by atoms with Gasteiger partial charge in [-0.2, -0.15) is 5.10 Å². The van der Waals surface area contributed by atoms with Crippen molar-refractivity contribution in [3.63, 3.8) is 0 Å². The van der Waals surface area contributed by atoms with Gasteiger partial charge in [0.15, 0.2) is 5.76 Å². The lowest BCUT2D eigenvalue weighted by Gasteiger charge is -2.04. The molecule has 2 N–H and O–H groups in total. The van der Waals surface area contributed by atoms with Crippen LogP contribution in [-0.2, 0) is 0 Å². The van der Waals surface area contributed by atoms with Crippen LogP contribution in [0.1, 0.15) is 16.1 Å². The zero-order chi connectivity index (χ0) is 18.1. The second kappa shape index (κ2) is 6.54. The molecule has 0 fully saturated rings. The normalized spacial score (nSPS) is 11.4. The number of hydrogen-bond donors (Lipinski definition) is 2. The Morgan fingerprint density at radius 3 is 2.81 bits per heavy atom. The van der Waals surface area contributed by atoms with Gasteiger partial charge in [0.2, 0.25) is 0 Å². The first-order valence-corrected chi connectivity index (χ1v) is 8.23. The summed E-state index contributed by atoms with van der Waals surface area (Å²) in [5.74, 6) is -0.282. The fourth-order valence-corrected chi connectivity index (χ4v) is 2.94. The summed E-state index contributed by atoms with van der Waals surface area (Å²) in [6.45, 7) is 0. The van der Waals surface area contributed by atoms with Crippen LogP contribution in [0.2, 0.25) is 5.02 Å². The minimum Gasteiger partial charge on any atom is -0.507 e. The average molecular weight is 365 g/mol. The Bertz CT molecular complexity index is 1160. The smallest absolute Gasteiger partial charge is 0.307 e. The van der Waals surface area contributed by atoms with E-state index in [-0.39, 0.29) is 11.5 Å². The predicted octanol–water partition coefficient (Wildman–Crippen LogP) is 4.71. The molecule has 1 aromatic heterocycles. The quantitative estimate of drug-likeness (QED) is 0.408. The van der Waals surface area contributed by atoms with E-state index in [4.69, 9.17) is 16.0 Å². The van der Waals surface area contributed by atoms with Gasteiger partial charge in [0, 0.05) is 16.0 Å². The van der Waals surface area contributed by atoms with E-state index in [0.717, 1.165) is 16.2 Å². The molecule has 4 aromatic rings. The fourth-order valence-electron chi connectivity index (χ4n) is 2.76. The third-order valence-corrected chi connectivity index (χ3v) is 4.24. The van der Waals surface area contributed by atoms with Crippen LogP contribution in [0, 0.1) is 0 Å². The number of hydrazone groups is 1. The van der Waals surface area contributed by atoms with Crippen molar-refractivity contribution in [2.45, 2.75) is 0 Å². The van der Waals surface area contributed by atoms with Gasteiger partial charge in [-0.3, -0.25) is 4.79 Å². The average Bonchev–Trinajstić information content (AvgIpc) is 3.06. The monoisotopic (exact) mass is 364 g/mol. The molecule has 0 spiro atoms. The maximum absolute atomic E-state index is 12.2. The van der Waals surface area contributed by atoms with Gasteiger partial charge in [-0.1, -0.05) is 41.9 Å². The molecule has 5 nitrogen and oxygen atoms in total. The molecule has 128 valence electrons. The number of nitrogens with one attached hydrogen (secondary N) is 1. The van der Waals surface area contributed by atoms with Crippen molar-refractivity contribution in [1.29, 1.82) is 0 Å². The predicted molar refractivity (Wildman–Crippen MR) is 102 cm³/mol. The molecule has 0 radical (unpaired) electrons. The number of phenols is 1. The van der Waals surface area contributed by atoms with E-state index in [1.165, 1.54) is 6.21 Å². The summed E-state index contributed by atoms with van der Waals surface area (Å²) >= 11 is 5.93. The Balaban J connectivity index is 1.58. The summed E-state index contributed by atoms with van der Waals surface area (Å²) in [5, 5.41) is 17.1. The molecule has 6 heteroatoms. The lowest BCUT2D eigenvalue weighted by molar-refractivity contribution is 0.0929. The second-order valence-electron chi connectivity index (χ2n) is 5.71. The van der Waals surface area contributed by atoms with Gasteiger partial charge >= 0.3 is 5.91 Å². The zero-order valence-corrected chi connectivity index (χ0v) is 14.2. The topological polar surface area (TPSA) is 74.8 Å². The largest absolute Gasteiger partial charge is 0.507 e. The molecule has 1 heterocycles. The Kier molecular flexibility index (Phi) is 4.07. The molecule has 0 atom stereocenters. The van der Waals surface area contributed by atoms with Gasteiger partial charge in [-0.05, 0) is 41.1 Å². The SMILES string of the molecule is O=C(N/N=C\c1c(O)ccc2ccccc12)c1cc2cc(Cl)ccc2o1. The van der Waals surface area contributed by atoms with Crippen LogP contribution in [0.3, 0.4) is 0 Å². The van der Waals surface area contributed by atoms with E-state index in [1.807, 2.05) is 30.3 Å². The molecular weight excluding hydrogens is 352 g/mol. The number of benzene rings is 3. The van der Waals surface area contributed by atoms with Crippen molar-refractivity contribution < 1.29 is 14.3 Å². The number of furan rings is 1. The van der Waals surface area contributed by atoms with Gasteiger partial charge in [0.05, 0.1) is 6.21 Å². The first-order chi connectivity index (χ1) is 12.6. The van der Waals surface area contributed by atoms with Crippen molar-refractivity contribution in [2.24, 2.45) is 5.10 Å². The van der Waals surface area contributed by atoms with Crippen molar-refractivity contribution >= 4 is 45.5 Å². The highest BCUT2D eigenvalue weighted by Crippen LogP contribution is 2.25. The molecule has 0 aliphatic rings. The fraction of sp³-hybridized carbons (Fsp3) is 0. The lowest BCUT2D eigenvalue weighted by Crippen LogP contribution is -2.16. The van der Waals surface area contributed by atoms with Gasteiger partial charge in [-0.25, -0.2) is 5.43 Å². The molecule has 3 aromatic carbocycles. The van der Waals surface area contributed by atoms with E-state index in [1.54, 1.807) is 30.3 Å². The summed E-state index contributed by atoms with van der Waals surface area (Å²) in [5.41, 5.74) is 3.50. The number of amides is 1. The van der Waals surface area contributed by atoms with Crippen molar-refractivity contribution in [1.82, 2.24) is 5.43 Å². The van der Waals surface area contributed by atoms with Crippen LogP contribution in [0.4, 0.5) is 0 Å². The van der Waals surface area contributed by atoms with Crippen LogP contribution in [0.15, 0.2) is 70.2 Å². The number of carbonyl (C=O) groups excluding carboxylic acids is 1. The standard InChI is InChI=1S/C20H13ClN2O3/c21-14-6-8-18-13(9-14)10-19(26-18)20(25)23-22-11-16-15-4-2-1-3-12(15)5-7-17(16)24/h1-11,24H,(H,23,25)/b22-11-. The molecule has 0 aliphatic heterocycles. The van der Waals surface area contributed by atoms with E-state index >= 15 is 0 Å². The van der Waals surface area contributed by atoms with Crippen LogP contribution in [0.5, 0.6) is 5.75 Å². The van der Waals surface area contributed by atoms with E-state index in [0.29, 0.717) is 16.2 Å². The van der Waals surface area contributed by atoms with Gasteiger partial charge in [0.1, 0.15) is 11.3 Å². The molecule has 0 bridgehead atoms. The Labute approximate surface area is 153 Å². The number of aromatic hydroxyl groups is 1. The highest BCUT2D eigenvalue weighted by Gasteiger charge is 2.12.